The summed E-state index contributed by atoms with van der Waals surface area (Å²) < 4.78 is 7.14. The molecule has 0 aromatic carbocycles. The predicted molar refractivity (Wildman–Crippen MR) is 71.3 cm³/mol. The Hall–Kier alpha value is -2.02. The third-order valence-electron chi connectivity index (χ3n) is 3.49. The molecule has 1 aliphatic heterocycles. The van der Waals surface area contributed by atoms with E-state index < -0.39 is 0 Å². The van der Waals surface area contributed by atoms with E-state index in [2.05, 4.69) is 20.8 Å². The Morgan fingerprint density at radius 3 is 3.15 bits per heavy atom. The number of fused-ring (bicyclic) bond motifs is 1. The number of hydrogen-bond acceptors (Lipinski definition) is 5. The second kappa shape index (κ2) is 4.82. The average molecular weight is 275 g/mol. The number of nitrogens with one attached hydrogen (secondary N) is 1. The zero-order chi connectivity index (χ0) is 14.2. The highest BCUT2D eigenvalue weighted by Gasteiger charge is 2.29. The number of rotatable bonds is 2. The van der Waals surface area contributed by atoms with Gasteiger partial charge in [0.2, 0.25) is 0 Å². The summed E-state index contributed by atoms with van der Waals surface area (Å²) in [6.07, 6.45) is 3.28. The zero-order valence-electron chi connectivity index (χ0n) is 11.5. The summed E-state index contributed by atoms with van der Waals surface area (Å²) in [5.74, 6) is -0.106. The molecule has 20 heavy (non-hydrogen) atoms. The number of tetrazole rings is 1. The van der Waals surface area contributed by atoms with E-state index in [0.29, 0.717) is 17.8 Å². The van der Waals surface area contributed by atoms with Crippen molar-refractivity contribution < 1.29 is 9.53 Å². The number of carbonyl (C=O) groups excluding carboxylic acids is 1. The van der Waals surface area contributed by atoms with Gasteiger partial charge in [0, 0.05) is 18.8 Å². The van der Waals surface area contributed by atoms with Gasteiger partial charge in [-0.05, 0) is 49.2 Å². The molecular formula is C13H17N5O2. The van der Waals surface area contributed by atoms with Gasteiger partial charge < -0.3 is 10.1 Å². The van der Waals surface area contributed by atoms with E-state index in [0.717, 1.165) is 12.8 Å². The standard InChI is InChI=1S/C13H17N5O2/c1-13(2)7-10(5-6-20-13)14-12(19)9-3-4-11-15-16-17-18(11)8-9/h3-4,8,10H,5-7H2,1-2H3,(H,14,19). The van der Waals surface area contributed by atoms with Crippen LogP contribution in [0.5, 0.6) is 0 Å². The number of ether oxygens (including phenoxy) is 1. The van der Waals surface area contributed by atoms with Crippen LogP contribution in [0.15, 0.2) is 18.3 Å². The summed E-state index contributed by atoms with van der Waals surface area (Å²) in [5, 5.41) is 14.2. The first-order chi connectivity index (χ1) is 9.53. The van der Waals surface area contributed by atoms with Crippen LogP contribution in [-0.4, -0.2) is 44.2 Å². The van der Waals surface area contributed by atoms with Gasteiger partial charge in [0.25, 0.3) is 5.91 Å². The number of hydrogen-bond donors (Lipinski definition) is 1. The normalized spacial score (nSPS) is 21.8. The predicted octanol–water partition coefficient (Wildman–Crippen LogP) is 0.812. The third-order valence-corrected chi connectivity index (χ3v) is 3.49. The molecule has 1 fully saturated rings. The lowest BCUT2D eigenvalue weighted by Gasteiger charge is -2.35. The van der Waals surface area contributed by atoms with E-state index >= 15 is 0 Å². The molecule has 1 N–H and O–H groups in total. The smallest absolute Gasteiger partial charge is 0.253 e. The summed E-state index contributed by atoms with van der Waals surface area (Å²) >= 11 is 0. The molecule has 0 saturated carbocycles. The van der Waals surface area contributed by atoms with Gasteiger partial charge in [0.1, 0.15) is 0 Å². The SMILES string of the molecule is CC1(C)CC(NC(=O)c2ccc3nnnn3c2)CCO1. The van der Waals surface area contributed by atoms with Crippen molar-refractivity contribution in [1.82, 2.24) is 25.4 Å². The van der Waals surface area contributed by atoms with E-state index in [1.54, 1.807) is 18.3 Å². The van der Waals surface area contributed by atoms with Crippen LogP contribution >= 0.6 is 0 Å². The van der Waals surface area contributed by atoms with Gasteiger partial charge in [-0.3, -0.25) is 4.79 Å². The molecule has 7 heteroatoms. The molecule has 2 aromatic heterocycles. The number of carbonyl (C=O) groups is 1. The van der Waals surface area contributed by atoms with E-state index in [9.17, 15) is 4.79 Å². The van der Waals surface area contributed by atoms with Crippen molar-refractivity contribution in [1.29, 1.82) is 0 Å². The lowest BCUT2D eigenvalue weighted by molar-refractivity contribution is -0.0615. The highest BCUT2D eigenvalue weighted by atomic mass is 16.5. The summed E-state index contributed by atoms with van der Waals surface area (Å²) in [5.41, 5.74) is 0.985. The zero-order valence-corrected chi connectivity index (χ0v) is 11.5. The number of aromatic nitrogens is 4. The summed E-state index contributed by atoms with van der Waals surface area (Å²) in [6.45, 7) is 4.75. The average Bonchev–Trinajstić information content (AvgIpc) is 2.84. The minimum absolute atomic E-state index is 0.106. The number of pyridine rings is 1. The fraction of sp³-hybridized carbons (Fsp3) is 0.538. The van der Waals surface area contributed by atoms with E-state index in [1.807, 2.05) is 13.8 Å². The van der Waals surface area contributed by atoms with Gasteiger partial charge >= 0.3 is 0 Å². The lowest BCUT2D eigenvalue weighted by atomic mass is 9.94. The van der Waals surface area contributed by atoms with Gasteiger partial charge in [0.15, 0.2) is 5.65 Å². The monoisotopic (exact) mass is 275 g/mol. The minimum atomic E-state index is -0.185. The molecule has 2 aromatic rings. The highest BCUT2D eigenvalue weighted by Crippen LogP contribution is 2.24. The summed E-state index contributed by atoms with van der Waals surface area (Å²) in [7, 11) is 0. The Kier molecular flexibility index (Phi) is 3.13. The molecule has 3 rings (SSSR count). The van der Waals surface area contributed by atoms with Crippen molar-refractivity contribution in [3.05, 3.63) is 23.9 Å². The van der Waals surface area contributed by atoms with Crippen LogP contribution in [0.3, 0.4) is 0 Å². The highest BCUT2D eigenvalue weighted by molar-refractivity contribution is 5.94. The quantitative estimate of drug-likeness (QED) is 0.877. The first-order valence-corrected chi connectivity index (χ1v) is 6.66. The van der Waals surface area contributed by atoms with E-state index in [4.69, 9.17) is 4.74 Å². The van der Waals surface area contributed by atoms with Crippen LogP contribution in [0.2, 0.25) is 0 Å². The van der Waals surface area contributed by atoms with Crippen molar-refractivity contribution in [2.24, 2.45) is 0 Å². The van der Waals surface area contributed by atoms with Gasteiger partial charge in [0.05, 0.1) is 11.2 Å². The third kappa shape index (κ3) is 2.62. The Morgan fingerprint density at radius 2 is 2.35 bits per heavy atom. The summed E-state index contributed by atoms with van der Waals surface area (Å²) in [6, 6.07) is 3.59. The molecule has 1 amide bonds. The van der Waals surface area contributed by atoms with Crippen molar-refractivity contribution >= 4 is 11.6 Å². The summed E-state index contributed by atoms with van der Waals surface area (Å²) in [4.78, 5) is 12.3. The molecule has 7 nitrogen and oxygen atoms in total. The number of amides is 1. The van der Waals surface area contributed by atoms with Crippen LogP contribution in [0.4, 0.5) is 0 Å². The molecule has 1 atom stereocenters. The van der Waals surface area contributed by atoms with Crippen LogP contribution < -0.4 is 5.32 Å². The Balaban J connectivity index is 1.72. The number of nitrogens with zero attached hydrogens (tertiary/aromatic N) is 4. The molecule has 0 radical (unpaired) electrons. The molecule has 3 heterocycles. The van der Waals surface area contributed by atoms with Crippen LogP contribution in [0.1, 0.15) is 37.0 Å². The largest absolute Gasteiger partial charge is 0.375 e. The Morgan fingerprint density at radius 1 is 1.50 bits per heavy atom. The minimum Gasteiger partial charge on any atom is -0.375 e. The first-order valence-electron chi connectivity index (χ1n) is 6.66. The topological polar surface area (TPSA) is 81.4 Å². The maximum atomic E-state index is 12.3. The molecule has 0 spiro atoms. The molecular weight excluding hydrogens is 258 g/mol. The van der Waals surface area contributed by atoms with E-state index in [1.165, 1.54) is 4.52 Å². The Labute approximate surface area is 116 Å². The molecule has 1 unspecified atom stereocenters. The van der Waals surface area contributed by atoms with Crippen LogP contribution in [0, 0.1) is 0 Å². The van der Waals surface area contributed by atoms with Crippen molar-refractivity contribution in [2.45, 2.75) is 38.3 Å². The van der Waals surface area contributed by atoms with E-state index in [-0.39, 0.29) is 17.6 Å². The Bertz CT molecular complexity index is 636. The fourth-order valence-electron chi connectivity index (χ4n) is 2.50. The molecule has 1 saturated heterocycles. The van der Waals surface area contributed by atoms with Crippen molar-refractivity contribution in [3.63, 3.8) is 0 Å². The van der Waals surface area contributed by atoms with Crippen molar-refractivity contribution in [2.75, 3.05) is 6.61 Å². The first kappa shape index (κ1) is 13.0. The van der Waals surface area contributed by atoms with Gasteiger partial charge in [-0.1, -0.05) is 0 Å². The maximum absolute atomic E-state index is 12.3. The molecule has 1 aliphatic rings. The molecule has 0 aliphatic carbocycles. The fourth-order valence-corrected chi connectivity index (χ4v) is 2.50. The van der Waals surface area contributed by atoms with Crippen LogP contribution in [0.25, 0.3) is 5.65 Å². The van der Waals surface area contributed by atoms with Crippen LogP contribution in [-0.2, 0) is 4.74 Å². The van der Waals surface area contributed by atoms with Gasteiger partial charge in [-0.25, -0.2) is 0 Å². The molecule has 0 bridgehead atoms. The maximum Gasteiger partial charge on any atom is 0.253 e. The molecule has 106 valence electrons. The lowest BCUT2D eigenvalue weighted by Crippen LogP contribution is -2.45. The second-order valence-electron chi connectivity index (χ2n) is 5.67. The van der Waals surface area contributed by atoms with Gasteiger partial charge in [-0.2, -0.15) is 4.52 Å². The van der Waals surface area contributed by atoms with Crippen molar-refractivity contribution in [3.8, 4) is 0 Å². The second-order valence-corrected chi connectivity index (χ2v) is 5.67. The van der Waals surface area contributed by atoms with Gasteiger partial charge in [-0.15, -0.1) is 5.10 Å².